The average Bonchev–Trinajstić information content (AvgIpc) is 3.22. The number of hydrogen-bond acceptors (Lipinski definition) is 5. The van der Waals surface area contributed by atoms with Gasteiger partial charge < -0.3 is 15.7 Å². The fourth-order valence-corrected chi connectivity index (χ4v) is 5.04. The Morgan fingerprint density at radius 2 is 1.94 bits per heavy atom. The SMILES string of the molecule is CNC(C)C(O)NC1C(=O)N2c3c(ccc[n+]3C1C)CC2CNc1ccc2ccccc2c1. The fraction of sp³-hybridized carbons (Fsp3) is 0.385. The lowest BCUT2D eigenvalue weighted by Gasteiger charge is -2.35. The van der Waals surface area contributed by atoms with E-state index in [9.17, 15) is 9.90 Å². The Morgan fingerprint density at radius 3 is 2.73 bits per heavy atom. The van der Waals surface area contributed by atoms with Gasteiger partial charge in [-0.05, 0) is 55.9 Å². The maximum Gasteiger partial charge on any atom is 0.331 e. The van der Waals surface area contributed by atoms with Crippen LogP contribution in [0.3, 0.4) is 0 Å². The third kappa shape index (κ3) is 3.86. The Hall–Kier alpha value is -3.00. The van der Waals surface area contributed by atoms with Crippen LogP contribution in [0.2, 0.25) is 0 Å². The molecule has 3 heterocycles. The van der Waals surface area contributed by atoms with E-state index in [1.165, 1.54) is 16.3 Å². The highest BCUT2D eigenvalue weighted by Gasteiger charge is 2.53. The van der Waals surface area contributed by atoms with E-state index in [1.807, 2.05) is 43.1 Å². The van der Waals surface area contributed by atoms with Crippen molar-refractivity contribution in [2.75, 3.05) is 23.8 Å². The van der Waals surface area contributed by atoms with Crippen molar-refractivity contribution in [3.63, 3.8) is 0 Å². The highest BCUT2D eigenvalue weighted by atomic mass is 16.3. The normalized spacial score (nSPS) is 23.5. The summed E-state index contributed by atoms with van der Waals surface area (Å²) in [6.07, 6.45) is 2.01. The molecule has 172 valence electrons. The van der Waals surface area contributed by atoms with Crippen molar-refractivity contribution in [2.24, 2.45) is 0 Å². The molecular formula is C26H32N5O2+. The second kappa shape index (κ2) is 8.74. The van der Waals surface area contributed by atoms with Crippen LogP contribution in [0.25, 0.3) is 10.8 Å². The minimum absolute atomic E-state index is 0.00304. The number of likely N-dealkylation sites (N-methyl/N-ethyl adjacent to an activating group) is 1. The zero-order valence-corrected chi connectivity index (χ0v) is 19.3. The highest BCUT2D eigenvalue weighted by Crippen LogP contribution is 2.35. The fourth-order valence-electron chi connectivity index (χ4n) is 5.04. The van der Waals surface area contributed by atoms with Gasteiger partial charge in [0, 0.05) is 23.7 Å². The van der Waals surface area contributed by atoms with Crippen LogP contribution >= 0.6 is 0 Å². The molecule has 7 nitrogen and oxygen atoms in total. The molecule has 0 bridgehead atoms. The van der Waals surface area contributed by atoms with E-state index < -0.39 is 12.3 Å². The van der Waals surface area contributed by atoms with E-state index in [-0.39, 0.29) is 24.0 Å². The first-order valence-corrected chi connectivity index (χ1v) is 11.7. The second-order valence-corrected chi connectivity index (χ2v) is 9.18. The van der Waals surface area contributed by atoms with Gasteiger partial charge >= 0.3 is 5.91 Å². The highest BCUT2D eigenvalue weighted by molar-refractivity contribution is 5.99. The van der Waals surface area contributed by atoms with Gasteiger partial charge in [0.1, 0.15) is 18.3 Å². The van der Waals surface area contributed by atoms with Crippen molar-refractivity contribution in [3.05, 3.63) is 66.4 Å². The number of nitrogens with zero attached hydrogens (tertiary/aromatic N) is 2. The summed E-state index contributed by atoms with van der Waals surface area (Å²) in [5.41, 5.74) is 2.23. The summed E-state index contributed by atoms with van der Waals surface area (Å²) in [6.45, 7) is 4.57. The Labute approximate surface area is 194 Å². The van der Waals surface area contributed by atoms with Crippen LogP contribution in [0.5, 0.6) is 0 Å². The van der Waals surface area contributed by atoms with Crippen molar-refractivity contribution in [1.29, 1.82) is 0 Å². The van der Waals surface area contributed by atoms with Gasteiger partial charge in [-0.15, -0.1) is 0 Å². The maximum atomic E-state index is 13.7. The predicted molar refractivity (Wildman–Crippen MR) is 130 cm³/mol. The molecule has 2 aliphatic rings. The van der Waals surface area contributed by atoms with Crippen molar-refractivity contribution >= 4 is 28.2 Å². The molecule has 7 heteroatoms. The number of aliphatic hydroxyl groups excluding tert-OH is 1. The summed E-state index contributed by atoms with van der Waals surface area (Å²) < 4.78 is 2.17. The third-order valence-corrected chi connectivity index (χ3v) is 7.12. The van der Waals surface area contributed by atoms with Gasteiger partial charge in [0.15, 0.2) is 6.04 Å². The Bertz CT molecular complexity index is 1180. The molecule has 33 heavy (non-hydrogen) atoms. The lowest BCUT2D eigenvalue weighted by Crippen LogP contribution is -2.67. The standard InChI is InChI=1S/C26H32N5O2/c1-16(27-3)24(32)29-23-17(2)30-12-6-9-20-14-22(31(25(20)30)26(23)33)15-28-21-11-10-18-7-4-5-8-19(18)13-21/h4-13,16-17,22-24,27-29,32H,14-15H2,1-3H3/q+1. The molecule has 5 rings (SSSR count). The summed E-state index contributed by atoms with van der Waals surface area (Å²) >= 11 is 0. The predicted octanol–water partition coefficient (Wildman–Crippen LogP) is 1.96. The molecule has 0 saturated heterocycles. The van der Waals surface area contributed by atoms with Crippen molar-refractivity contribution in [2.45, 2.75) is 50.7 Å². The molecule has 4 N–H and O–H groups in total. The van der Waals surface area contributed by atoms with Crippen LogP contribution < -0.4 is 25.4 Å². The number of aliphatic hydroxyl groups is 1. The van der Waals surface area contributed by atoms with Gasteiger partial charge in [-0.25, -0.2) is 9.36 Å². The van der Waals surface area contributed by atoms with Gasteiger partial charge in [-0.2, -0.15) is 4.90 Å². The summed E-state index contributed by atoms with van der Waals surface area (Å²) in [4.78, 5) is 15.6. The first kappa shape index (κ1) is 21.8. The summed E-state index contributed by atoms with van der Waals surface area (Å²) in [5.74, 6) is 0.995. The number of nitrogens with one attached hydrogen (secondary N) is 3. The number of fused-ring (bicyclic) bond motifs is 1. The number of amides is 1. The van der Waals surface area contributed by atoms with E-state index in [2.05, 4.69) is 56.9 Å². The molecule has 0 saturated carbocycles. The van der Waals surface area contributed by atoms with Gasteiger partial charge in [0.25, 0.3) is 5.82 Å². The molecule has 0 aliphatic carbocycles. The summed E-state index contributed by atoms with van der Waals surface area (Å²) in [6, 6.07) is 18.0. The van der Waals surface area contributed by atoms with Crippen molar-refractivity contribution < 1.29 is 14.5 Å². The van der Waals surface area contributed by atoms with Crippen molar-refractivity contribution in [1.82, 2.24) is 10.6 Å². The minimum Gasteiger partial charge on any atom is -0.381 e. The lowest BCUT2D eigenvalue weighted by molar-refractivity contribution is -0.711. The van der Waals surface area contributed by atoms with Crippen LogP contribution in [0.15, 0.2) is 60.8 Å². The first-order valence-electron chi connectivity index (χ1n) is 11.7. The maximum absolute atomic E-state index is 13.7. The molecule has 0 spiro atoms. The van der Waals surface area contributed by atoms with E-state index in [0.717, 1.165) is 17.9 Å². The summed E-state index contributed by atoms with van der Waals surface area (Å²) in [5, 5.41) is 22.7. The number of anilines is 2. The Kier molecular flexibility index (Phi) is 5.78. The topological polar surface area (TPSA) is 80.5 Å². The zero-order valence-electron chi connectivity index (χ0n) is 19.3. The molecule has 5 atom stereocenters. The van der Waals surface area contributed by atoms with Crippen LogP contribution in [0.1, 0.15) is 25.5 Å². The number of aromatic nitrogens is 1. The molecule has 2 aliphatic heterocycles. The average molecular weight is 447 g/mol. The van der Waals surface area contributed by atoms with E-state index in [4.69, 9.17) is 0 Å². The monoisotopic (exact) mass is 446 g/mol. The third-order valence-electron chi connectivity index (χ3n) is 7.12. The molecule has 0 fully saturated rings. The smallest absolute Gasteiger partial charge is 0.331 e. The van der Waals surface area contributed by atoms with E-state index >= 15 is 0 Å². The number of benzene rings is 2. The number of pyridine rings is 1. The lowest BCUT2D eigenvalue weighted by atomic mass is 10.0. The second-order valence-electron chi connectivity index (χ2n) is 9.18. The Balaban J connectivity index is 1.39. The molecule has 3 aromatic rings. The van der Waals surface area contributed by atoms with Crippen LogP contribution in [0, 0.1) is 0 Å². The zero-order chi connectivity index (χ0) is 23.1. The molecular weight excluding hydrogens is 414 g/mol. The van der Waals surface area contributed by atoms with E-state index in [0.29, 0.717) is 6.54 Å². The van der Waals surface area contributed by atoms with Gasteiger partial charge in [-0.3, -0.25) is 5.32 Å². The molecule has 2 aromatic carbocycles. The number of carbonyl (C=O) groups is 1. The Morgan fingerprint density at radius 1 is 1.15 bits per heavy atom. The number of hydrogen-bond donors (Lipinski definition) is 4. The number of carbonyl (C=O) groups excluding carboxylic acids is 1. The van der Waals surface area contributed by atoms with Gasteiger partial charge in [0.2, 0.25) is 0 Å². The molecule has 0 radical (unpaired) electrons. The quantitative estimate of drug-likeness (QED) is 0.330. The van der Waals surface area contributed by atoms with Gasteiger partial charge in [0.05, 0.1) is 12.7 Å². The van der Waals surface area contributed by atoms with Crippen LogP contribution in [0.4, 0.5) is 11.5 Å². The molecule has 1 aromatic heterocycles. The molecule has 5 unspecified atom stereocenters. The van der Waals surface area contributed by atoms with Gasteiger partial charge in [-0.1, -0.05) is 30.3 Å². The largest absolute Gasteiger partial charge is 0.381 e. The van der Waals surface area contributed by atoms with E-state index in [1.54, 1.807) is 7.05 Å². The van der Waals surface area contributed by atoms with Crippen molar-refractivity contribution in [3.8, 4) is 0 Å². The molecule has 1 amide bonds. The number of rotatable bonds is 7. The minimum atomic E-state index is -0.825. The van der Waals surface area contributed by atoms with Crippen LogP contribution in [-0.2, 0) is 11.2 Å². The van der Waals surface area contributed by atoms with Crippen LogP contribution in [-0.4, -0.2) is 49.0 Å². The summed E-state index contributed by atoms with van der Waals surface area (Å²) in [7, 11) is 1.80. The first-order chi connectivity index (χ1) is 16.0.